The molecule has 106 valence electrons. The van der Waals surface area contributed by atoms with Crippen molar-refractivity contribution in [3.05, 3.63) is 58.3 Å². The fourth-order valence-electron chi connectivity index (χ4n) is 2.02. The molecule has 5 nitrogen and oxygen atoms in total. The number of phenols is 2. The number of hydrogen-bond acceptors (Lipinski definition) is 5. The highest BCUT2D eigenvalue weighted by atomic mass is 16.6. The first-order chi connectivity index (χ1) is 10.1. The Kier molecular flexibility index (Phi) is 3.02. The maximum absolute atomic E-state index is 12.1. The summed E-state index contributed by atoms with van der Waals surface area (Å²) in [4.78, 5) is 12.1. The van der Waals surface area contributed by atoms with Crippen LogP contribution in [0, 0.1) is 6.92 Å². The van der Waals surface area contributed by atoms with E-state index in [-0.39, 0.29) is 34.0 Å². The first-order valence-corrected chi connectivity index (χ1v) is 6.28. The van der Waals surface area contributed by atoms with Crippen molar-refractivity contribution < 1.29 is 19.4 Å². The summed E-state index contributed by atoms with van der Waals surface area (Å²) in [5, 5.41) is 19.7. The molecule has 2 aromatic carbocycles. The number of ether oxygens (including phenoxy) is 1. The summed E-state index contributed by atoms with van der Waals surface area (Å²) in [5.41, 5.74) is -0.150. The molecule has 1 aromatic heterocycles. The van der Waals surface area contributed by atoms with E-state index in [1.807, 2.05) is 6.07 Å². The zero-order chi connectivity index (χ0) is 15.0. The van der Waals surface area contributed by atoms with Crippen LogP contribution in [0.4, 0.5) is 0 Å². The number of aromatic hydroxyl groups is 2. The summed E-state index contributed by atoms with van der Waals surface area (Å²) >= 11 is 0. The van der Waals surface area contributed by atoms with Crippen LogP contribution in [0.5, 0.6) is 23.2 Å². The van der Waals surface area contributed by atoms with Gasteiger partial charge in [0.15, 0.2) is 5.43 Å². The minimum atomic E-state index is -0.442. The van der Waals surface area contributed by atoms with Crippen LogP contribution in [-0.2, 0) is 0 Å². The summed E-state index contributed by atoms with van der Waals surface area (Å²) in [6.07, 6.45) is 0. The highest BCUT2D eigenvalue weighted by molar-refractivity contribution is 5.86. The van der Waals surface area contributed by atoms with Crippen LogP contribution in [0.25, 0.3) is 11.0 Å². The van der Waals surface area contributed by atoms with Gasteiger partial charge in [-0.1, -0.05) is 18.2 Å². The molecular formula is C16H12O5. The lowest BCUT2D eigenvalue weighted by atomic mass is 10.1. The summed E-state index contributed by atoms with van der Waals surface area (Å²) < 4.78 is 10.9. The normalized spacial score (nSPS) is 10.7. The van der Waals surface area contributed by atoms with Gasteiger partial charge in [0.2, 0.25) is 0 Å². The number of fused-ring (bicyclic) bond motifs is 1. The van der Waals surface area contributed by atoms with Gasteiger partial charge < -0.3 is 19.4 Å². The van der Waals surface area contributed by atoms with Gasteiger partial charge in [0, 0.05) is 11.6 Å². The van der Waals surface area contributed by atoms with Crippen LogP contribution in [0.1, 0.15) is 5.56 Å². The van der Waals surface area contributed by atoms with Crippen LogP contribution in [0.3, 0.4) is 0 Å². The van der Waals surface area contributed by atoms with E-state index in [1.165, 1.54) is 13.0 Å². The molecule has 0 unspecified atom stereocenters. The van der Waals surface area contributed by atoms with E-state index in [9.17, 15) is 15.0 Å². The maximum Gasteiger partial charge on any atom is 0.294 e. The molecule has 0 aliphatic carbocycles. The van der Waals surface area contributed by atoms with Gasteiger partial charge >= 0.3 is 0 Å². The molecule has 21 heavy (non-hydrogen) atoms. The second-order valence-electron chi connectivity index (χ2n) is 4.59. The highest BCUT2D eigenvalue weighted by Crippen LogP contribution is 2.34. The SMILES string of the molecule is Cc1c(O)cc2oc(Oc3ccccc3)cc(=O)c2c1O. The Hall–Kier alpha value is -2.95. The topological polar surface area (TPSA) is 79.9 Å². The molecule has 0 fully saturated rings. The molecule has 0 saturated carbocycles. The van der Waals surface area contributed by atoms with Crippen molar-refractivity contribution in [2.45, 2.75) is 6.92 Å². The largest absolute Gasteiger partial charge is 0.507 e. The van der Waals surface area contributed by atoms with Crippen LogP contribution in [-0.4, -0.2) is 10.2 Å². The Morgan fingerprint density at radius 3 is 2.52 bits per heavy atom. The molecule has 0 aliphatic heterocycles. The fourth-order valence-corrected chi connectivity index (χ4v) is 2.02. The van der Waals surface area contributed by atoms with Gasteiger partial charge in [0.25, 0.3) is 5.95 Å². The van der Waals surface area contributed by atoms with Crippen molar-refractivity contribution in [2.75, 3.05) is 0 Å². The van der Waals surface area contributed by atoms with Gasteiger partial charge in [-0.2, -0.15) is 0 Å². The van der Waals surface area contributed by atoms with Gasteiger partial charge in [0.1, 0.15) is 28.2 Å². The molecular weight excluding hydrogens is 272 g/mol. The lowest BCUT2D eigenvalue weighted by Gasteiger charge is -2.08. The van der Waals surface area contributed by atoms with Crippen LogP contribution in [0.15, 0.2) is 51.7 Å². The monoisotopic (exact) mass is 284 g/mol. The third-order valence-electron chi connectivity index (χ3n) is 3.16. The minimum Gasteiger partial charge on any atom is -0.507 e. The number of hydrogen-bond donors (Lipinski definition) is 2. The highest BCUT2D eigenvalue weighted by Gasteiger charge is 2.15. The molecule has 0 radical (unpaired) electrons. The Morgan fingerprint density at radius 2 is 1.81 bits per heavy atom. The molecule has 2 N–H and O–H groups in total. The maximum atomic E-state index is 12.1. The quantitative estimate of drug-likeness (QED) is 0.754. The predicted molar refractivity (Wildman–Crippen MR) is 77.1 cm³/mol. The summed E-state index contributed by atoms with van der Waals surface area (Å²) in [7, 11) is 0. The number of benzene rings is 2. The smallest absolute Gasteiger partial charge is 0.294 e. The molecule has 0 atom stereocenters. The third-order valence-corrected chi connectivity index (χ3v) is 3.16. The average Bonchev–Trinajstić information content (AvgIpc) is 2.45. The van der Waals surface area contributed by atoms with E-state index in [1.54, 1.807) is 24.3 Å². The predicted octanol–water partition coefficient (Wildman–Crippen LogP) is 3.30. The summed E-state index contributed by atoms with van der Waals surface area (Å²) in [6.45, 7) is 1.51. The lowest BCUT2D eigenvalue weighted by molar-refractivity contribution is 0.352. The lowest BCUT2D eigenvalue weighted by Crippen LogP contribution is -2.01. The molecule has 0 spiro atoms. The van der Waals surface area contributed by atoms with Crippen molar-refractivity contribution in [3.8, 4) is 23.2 Å². The zero-order valence-electron chi connectivity index (χ0n) is 11.2. The minimum absolute atomic E-state index is 0.0126. The first kappa shape index (κ1) is 13.1. The number of phenolic OH excluding ortho intramolecular Hbond substituents is 2. The molecule has 0 saturated heterocycles. The second-order valence-corrected chi connectivity index (χ2v) is 4.59. The molecule has 5 heteroatoms. The molecule has 0 amide bonds. The molecule has 3 rings (SSSR count). The summed E-state index contributed by atoms with van der Waals surface area (Å²) in [6, 6.07) is 11.3. The van der Waals surface area contributed by atoms with Gasteiger partial charge in [-0.05, 0) is 19.1 Å². The second kappa shape index (κ2) is 4.86. The molecule has 1 heterocycles. The Balaban J connectivity index is 2.16. The van der Waals surface area contributed by atoms with Gasteiger partial charge in [-0.25, -0.2) is 0 Å². The Labute approximate surface area is 119 Å². The first-order valence-electron chi connectivity index (χ1n) is 6.28. The van der Waals surface area contributed by atoms with E-state index in [0.29, 0.717) is 5.75 Å². The van der Waals surface area contributed by atoms with Crippen molar-refractivity contribution in [3.63, 3.8) is 0 Å². The van der Waals surface area contributed by atoms with Gasteiger partial charge in [0.05, 0.1) is 6.07 Å². The van der Waals surface area contributed by atoms with Crippen LogP contribution < -0.4 is 10.2 Å². The van der Waals surface area contributed by atoms with E-state index < -0.39 is 5.43 Å². The standard InChI is InChI=1S/C16H12O5/c1-9-11(17)7-13-15(16(9)19)12(18)8-14(21-13)20-10-5-3-2-4-6-10/h2-8,17,19H,1H3. The Morgan fingerprint density at radius 1 is 1.10 bits per heavy atom. The van der Waals surface area contributed by atoms with Gasteiger partial charge in [-0.3, -0.25) is 4.79 Å². The van der Waals surface area contributed by atoms with Gasteiger partial charge in [-0.15, -0.1) is 0 Å². The average molecular weight is 284 g/mol. The van der Waals surface area contributed by atoms with Crippen molar-refractivity contribution in [1.82, 2.24) is 0 Å². The molecule has 3 aromatic rings. The van der Waals surface area contributed by atoms with E-state index in [4.69, 9.17) is 9.15 Å². The molecule has 0 aliphatic rings. The zero-order valence-corrected chi connectivity index (χ0v) is 11.2. The number of para-hydroxylation sites is 1. The number of rotatable bonds is 2. The van der Waals surface area contributed by atoms with Crippen LogP contribution >= 0.6 is 0 Å². The third kappa shape index (κ3) is 2.29. The van der Waals surface area contributed by atoms with E-state index in [0.717, 1.165) is 6.07 Å². The van der Waals surface area contributed by atoms with Crippen molar-refractivity contribution in [1.29, 1.82) is 0 Å². The van der Waals surface area contributed by atoms with E-state index >= 15 is 0 Å². The summed E-state index contributed by atoms with van der Waals surface area (Å²) in [5.74, 6) is 0.0620. The van der Waals surface area contributed by atoms with Crippen molar-refractivity contribution >= 4 is 11.0 Å². The van der Waals surface area contributed by atoms with Crippen LogP contribution in [0.2, 0.25) is 0 Å². The van der Waals surface area contributed by atoms with Crippen molar-refractivity contribution in [2.24, 2.45) is 0 Å². The molecule has 0 bridgehead atoms. The van der Waals surface area contributed by atoms with E-state index in [2.05, 4.69) is 0 Å². The fraction of sp³-hybridized carbons (Fsp3) is 0.0625. The Bertz CT molecular complexity index is 865.